The number of nitrogens with two attached hydrogens (primary N) is 1. The number of halogens is 1. The van der Waals surface area contributed by atoms with Crippen LogP contribution in [0.15, 0.2) is 22.7 Å². The molecule has 0 radical (unpaired) electrons. The van der Waals surface area contributed by atoms with Crippen molar-refractivity contribution >= 4 is 15.9 Å². The lowest BCUT2D eigenvalue weighted by molar-refractivity contribution is 0.0321. The number of ether oxygens (including phenoxy) is 2. The molecule has 0 aliphatic carbocycles. The van der Waals surface area contributed by atoms with Gasteiger partial charge in [-0.05, 0) is 22.0 Å². The molecule has 0 amide bonds. The van der Waals surface area contributed by atoms with Crippen LogP contribution in [-0.4, -0.2) is 44.4 Å². The Balaban J connectivity index is 1.85. The fraction of sp³-hybridized carbons (Fsp3) is 0.538. The van der Waals surface area contributed by atoms with E-state index in [4.69, 9.17) is 15.2 Å². The van der Waals surface area contributed by atoms with E-state index in [1.54, 1.807) is 0 Å². The lowest BCUT2D eigenvalue weighted by Crippen LogP contribution is -2.38. The second-order valence-electron chi connectivity index (χ2n) is 4.23. The molecule has 18 heavy (non-hydrogen) atoms. The summed E-state index contributed by atoms with van der Waals surface area (Å²) in [6.07, 6.45) is 0. The minimum Gasteiger partial charge on any atom is -0.491 e. The third-order valence-electron chi connectivity index (χ3n) is 3.03. The summed E-state index contributed by atoms with van der Waals surface area (Å²) in [6, 6.07) is 5.94. The summed E-state index contributed by atoms with van der Waals surface area (Å²) in [5.41, 5.74) is 6.74. The third kappa shape index (κ3) is 3.68. The van der Waals surface area contributed by atoms with Crippen LogP contribution in [0.3, 0.4) is 0 Å². The first-order chi connectivity index (χ1) is 8.81. The van der Waals surface area contributed by atoms with Crippen molar-refractivity contribution in [1.29, 1.82) is 0 Å². The predicted octanol–water partition coefficient (Wildman–Crippen LogP) is 1.62. The molecule has 1 saturated heterocycles. The van der Waals surface area contributed by atoms with Crippen LogP contribution in [0.2, 0.25) is 0 Å². The van der Waals surface area contributed by atoms with Crippen LogP contribution in [0.25, 0.3) is 0 Å². The van der Waals surface area contributed by atoms with Gasteiger partial charge in [-0.3, -0.25) is 4.90 Å². The Morgan fingerprint density at radius 2 is 2.11 bits per heavy atom. The monoisotopic (exact) mass is 314 g/mol. The minimum absolute atomic E-state index is 0.492. The average molecular weight is 315 g/mol. The highest BCUT2D eigenvalue weighted by Crippen LogP contribution is 2.28. The van der Waals surface area contributed by atoms with Crippen molar-refractivity contribution in [3.63, 3.8) is 0 Å². The largest absolute Gasteiger partial charge is 0.491 e. The van der Waals surface area contributed by atoms with Gasteiger partial charge in [0.2, 0.25) is 0 Å². The van der Waals surface area contributed by atoms with Crippen molar-refractivity contribution in [2.24, 2.45) is 5.73 Å². The van der Waals surface area contributed by atoms with E-state index in [-0.39, 0.29) is 0 Å². The quantitative estimate of drug-likeness (QED) is 0.897. The van der Waals surface area contributed by atoms with Gasteiger partial charge in [-0.25, -0.2) is 0 Å². The molecule has 5 heteroatoms. The molecule has 0 bridgehead atoms. The minimum atomic E-state index is 0.492. The van der Waals surface area contributed by atoms with Crippen molar-refractivity contribution in [3.8, 4) is 5.75 Å². The predicted molar refractivity (Wildman–Crippen MR) is 74.8 cm³/mol. The molecule has 0 spiro atoms. The molecule has 0 saturated carbocycles. The number of hydrogen-bond donors (Lipinski definition) is 1. The smallest absolute Gasteiger partial charge is 0.138 e. The lowest BCUT2D eigenvalue weighted by Gasteiger charge is -2.26. The Morgan fingerprint density at radius 1 is 1.33 bits per heavy atom. The van der Waals surface area contributed by atoms with Gasteiger partial charge in [-0.2, -0.15) is 0 Å². The number of rotatable bonds is 5. The van der Waals surface area contributed by atoms with Gasteiger partial charge in [0.15, 0.2) is 0 Å². The zero-order valence-corrected chi connectivity index (χ0v) is 12.0. The van der Waals surface area contributed by atoms with E-state index in [0.717, 1.165) is 48.6 Å². The van der Waals surface area contributed by atoms with Crippen molar-refractivity contribution < 1.29 is 9.47 Å². The Kier molecular flexibility index (Phi) is 5.44. The van der Waals surface area contributed by atoms with Crippen molar-refractivity contribution in [1.82, 2.24) is 4.90 Å². The number of nitrogens with zero attached hydrogens (tertiary/aromatic N) is 1. The van der Waals surface area contributed by atoms with Crippen molar-refractivity contribution in [2.75, 3.05) is 39.5 Å². The highest BCUT2D eigenvalue weighted by molar-refractivity contribution is 9.10. The van der Waals surface area contributed by atoms with E-state index in [2.05, 4.69) is 20.8 Å². The molecule has 1 heterocycles. The first kappa shape index (κ1) is 13.8. The van der Waals surface area contributed by atoms with E-state index in [1.807, 2.05) is 18.2 Å². The fourth-order valence-electron chi connectivity index (χ4n) is 1.98. The van der Waals surface area contributed by atoms with Crippen LogP contribution in [-0.2, 0) is 11.3 Å². The van der Waals surface area contributed by atoms with E-state index >= 15 is 0 Å². The van der Waals surface area contributed by atoms with Gasteiger partial charge in [0, 0.05) is 31.7 Å². The van der Waals surface area contributed by atoms with E-state index in [0.29, 0.717) is 13.2 Å². The molecular formula is C13H19BrN2O2. The Bertz CT molecular complexity index is 381. The van der Waals surface area contributed by atoms with Crippen molar-refractivity contribution in [3.05, 3.63) is 28.2 Å². The van der Waals surface area contributed by atoms with Crippen molar-refractivity contribution in [2.45, 2.75) is 6.54 Å². The molecule has 0 unspecified atom stereocenters. The topological polar surface area (TPSA) is 47.7 Å². The molecule has 1 aliphatic heterocycles. The first-order valence-corrected chi connectivity index (χ1v) is 7.01. The molecule has 100 valence electrons. The van der Waals surface area contributed by atoms with Gasteiger partial charge in [0.05, 0.1) is 17.7 Å². The Hall–Kier alpha value is -0.620. The summed E-state index contributed by atoms with van der Waals surface area (Å²) in [7, 11) is 0. The summed E-state index contributed by atoms with van der Waals surface area (Å²) in [4.78, 5) is 2.35. The molecular weight excluding hydrogens is 296 g/mol. The molecule has 1 aromatic rings. The van der Waals surface area contributed by atoms with Crippen LogP contribution >= 0.6 is 15.9 Å². The highest BCUT2D eigenvalue weighted by Gasteiger charge is 2.11. The summed E-state index contributed by atoms with van der Waals surface area (Å²) in [5.74, 6) is 0.869. The molecule has 1 fully saturated rings. The molecule has 0 aromatic heterocycles. The van der Waals surface area contributed by atoms with Gasteiger partial charge in [-0.15, -0.1) is 0 Å². The van der Waals surface area contributed by atoms with E-state index in [9.17, 15) is 0 Å². The maximum absolute atomic E-state index is 5.85. The zero-order chi connectivity index (χ0) is 12.8. The molecule has 4 nitrogen and oxygen atoms in total. The van der Waals surface area contributed by atoms with Gasteiger partial charge < -0.3 is 15.2 Å². The SMILES string of the molecule is NCc1cccc(Br)c1OCCN1CCOCC1. The Morgan fingerprint density at radius 3 is 2.83 bits per heavy atom. The number of para-hydroxylation sites is 1. The average Bonchev–Trinajstić information content (AvgIpc) is 2.41. The zero-order valence-electron chi connectivity index (χ0n) is 10.4. The summed E-state index contributed by atoms with van der Waals surface area (Å²) < 4.78 is 12.1. The molecule has 0 atom stereocenters. The summed E-state index contributed by atoms with van der Waals surface area (Å²) >= 11 is 3.50. The molecule has 2 rings (SSSR count). The van der Waals surface area contributed by atoms with Crippen LogP contribution in [0.5, 0.6) is 5.75 Å². The lowest BCUT2D eigenvalue weighted by atomic mass is 10.2. The maximum atomic E-state index is 5.85. The molecule has 1 aliphatic rings. The van der Waals surface area contributed by atoms with Crippen LogP contribution in [0.1, 0.15) is 5.56 Å². The second kappa shape index (κ2) is 7.09. The number of benzene rings is 1. The number of hydrogen-bond acceptors (Lipinski definition) is 4. The fourth-order valence-corrected chi connectivity index (χ4v) is 2.50. The van der Waals surface area contributed by atoms with Gasteiger partial charge in [0.1, 0.15) is 12.4 Å². The second-order valence-corrected chi connectivity index (χ2v) is 5.09. The van der Waals surface area contributed by atoms with Gasteiger partial charge in [-0.1, -0.05) is 12.1 Å². The van der Waals surface area contributed by atoms with E-state index in [1.165, 1.54) is 0 Å². The first-order valence-electron chi connectivity index (χ1n) is 6.21. The standard InChI is InChI=1S/C13H19BrN2O2/c14-12-3-1-2-11(10-15)13(12)18-9-6-16-4-7-17-8-5-16/h1-3H,4-10,15H2. The summed E-state index contributed by atoms with van der Waals surface area (Å²) in [5, 5.41) is 0. The third-order valence-corrected chi connectivity index (χ3v) is 3.65. The normalized spacial score (nSPS) is 16.8. The molecule has 1 aromatic carbocycles. The molecule has 2 N–H and O–H groups in total. The summed E-state index contributed by atoms with van der Waals surface area (Å²) in [6.45, 7) is 5.72. The van der Waals surface area contributed by atoms with Gasteiger partial charge in [0.25, 0.3) is 0 Å². The maximum Gasteiger partial charge on any atom is 0.138 e. The van der Waals surface area contributed by atoms with Crippen LogP contribution in [0, 0.1) is 0 Å². The number of morpholine rings is 1. The van der Waals surface area contributed by atoms with E-state index < -0.39 is 0 Å². The Labute approximate surface area is 116 Å². The van der Waals surface area contributed by atoms with Crippen LogP contribution < -0.4 is 10.5 Å². The van der Waals surface area contributed by atoms with Gasteiger partial charge >= 0.3 is 0 Å². The highest BCUT2D eigenvalue weighted by atomic mass is 79.9. The van der Waals surface area contributed by atoms with Crippen LogP contribution in [0.4, 0.5) is 0 Å².